The van der Waals surface area contributed by atoms with E-state index < -0.39 is 0 Å². The smallest absolute Gasteiger partial charge is 0.270 e. The van der Waals surface area contributed by atoms with Crippen LogP contribution in [0, 0.1) is 13.8 Å². The van der Waals surface area contributed by atoms with Crippen molar-refractivity contribution in [3.8, 4) is 0 Å². The third-order valence-electron chi connectivity index (χ3n) is 5.22. The minimum Gasteiger partial charge on any atom is -0.337 e. The Morgan fingerprint density at radius 1 is 1.00 bits per heavy atom. The van der Waals surface area contributed by atoms with E-state index in [1.54, 1.807) is 23.5 Å². The van der Waals surface area contributed by atoms with Crippen molar-refractivity contribution in [3.63, 3.8) is 0 Å². The number of thiophene rings is 1. The molecule has 0 spiro atoms. The van der Waals surface area contributed by atoms with E-state index in [2.05, 4.69) is 5.32 Å². The van der Waals surface area contributed by atoms with E-state index in [0.717, 1.165) is 54.8 Å². The summed E-state index contributed by atoms with van der Waals surface area (Å²) in [7, 11) is 0. The number of nitrogens with zero attached hydrogens (tertiary/aromatic N) is 1. The number of amides is 2. The minimum atomic E-state index is -0.244. The van der Waals surface area contributed by atoms with Crippen LogP contribution >= 0.6 is 11.3 Å². The van der Waals surface area contributed by atoms with Crippen LogP contribution in [0.2, 0.25) is 0 Å². The highest BCUT2D eigenvalue weighted by Crippen LogP contribution is 2.17. The molecule has 4 nitrogen and oxygen atoms in total. The van der Waals surface area contributed by atoms with Gasteiger partial charge >= 0.3 is 0 Å². The third kappa shape index (κ3) is 5.32. The number of carbonyl (C=O) groups is 2. The monoisotopic (exact) mass is 396 g/mol. The number of nitrogens with one attached hydrogen (secondary N) is 1. The molecule has 0 saturated carbocycles. The second kappa shape index (κ2) is 9.69. The van der Waals surface area contributed by atoms with Gasteiger partial charge in [-0.3, -0.25) is 9.59 Å². The molecule has 28 heavy (non-hydrogen) atoms. The molecule has 0 bridgehead atoms. The van der Waals surface area contributed by atoms with E-state index in [1.807, 2.05) is 48.4 Å². The quantitative estimate of drug-likeness (QED) is 0.745. The second-order valence-corrected chi connectivity index (χ2v) is 8.37. The minimum absolute atomic E-state index is 0.0903. The summed E-state index contributed by atoms with van der Waals surface area (Å²) < 4.78 is 0. The number of likely N-dealkylation sites (tertiary alicyclic amines) is 1. The zero-order valence-electron chi connectivity index (χ0n) is 16.7. The van der Waals surface area contributed by atoms with Gasteiger partial charge in [0.15, 0.2) is 0 Å². The fourth-order valence-corrected chi connectivity index (χ4v) is 4.02. The predicted octanol–water partition coefficient (Wildman–Crippen LogP) is 4.93. The van der Waals surface area contributed by atoms with Crippen molar-refractivity contribution < 1.29 is 9.59 Å². The van der Waals surface area contributed by atoms with E-state index >= 15 is 0 Å². The highest BCUT2D eigenvalue weighted by atomic mass is 32.1. The average molecular weight is 397 g/mol. The summed E-state index contributed by atoms with van der Waals surface area (Å²) >= 11 is 1.55. The Kier molecular flexibility index (Phi) is 7.04. The Morgan fingerprint density at radius 3 is 2.36 bits per heavy atom. The molecular weight excluding hydrogens is 368 g/mol. The number of carbonyl (C=O) groups excluding carboxylic acids is 2. The lowest BCUT2D eigenvalue weighted by Gasteiger charge is -2.26. The molecule has 1 aromatic carbocycles. The van der Waals surface area contributed by atoms with Crippen molar-refractivity contribution in [1.82, 2.24) is 10.2 Å². The molecule has 148 valence electrons. The van der Waals surface area contributed by atoms with Gasteiger partial charge in [-0.15, -0.1) is 11.3 Å². The molecule has 0 radical (unpaired) electrons. The van der Waals surface area contributed by atoms with Gasteiger partial charge < -0.3 is 10.2 Å². The van der Waals surface area contributed by atoms with Crippen molar-refractivity contribution in [3.05, 3.63) is 63.0 Å². The number of benzene rings is 1. The van der Waals surface area contributed by atoms with Gasteiger partial charge in [-0.05, 0) is 67.5 Å². The van der Waals surface area contributed by atoms with Crippen molar-refractivity contribution >= 4 is 29.2 Å². The van der Waals surface area contributed by atoms with Gasteiger partial charge in [0.1, 0.15) is 5.70 Å². The number of aryl methyl sites for hydroxylation is 2. The molecule has 2 aromatic rings. The van der Waals surface area contributed by atoms with Gasteiger partial charge in [-0.2, -0.15) is 0 Å². The molecule has 3 rings (SSSR count). The fourth-order valence-electron chi connectivity index (χ4n) is 3.36. The molecule has 0 unspecified atom stereocenters. The highest BCUT2D eigenvalue weighted by Gasteiger charge is 2.21. The van der Waals surface area contributed by atoms with E-state index in [-0.39, 0.29) is 11.8 Å². The van der Waals surface area contributed by atoms with Crippen molar-refractivity contribution in [2.45, 2.75) is 46.0 Å². The summed E-state index contributed by atoms with van der Waals surface area (Å²) in [5, 5.41) is 4.86. The zero-order chi connectivity index (χ0) is 19.9. The predicted molar refractivity (Wildman–Crippen MR) is 115 cm³/mol. The Morgan fingerprint density at radius 2 is 1.71 bits per heavy atom. The van der Waals surface area contributed by atoms with Crippen LogP contribution in [0.1, 0.15) is 58.5 Å². The summed E-state index contributed by atoms with van der Waals surface area (Å²) in [5.41, 5.74) is 3.13. The first-order valence-corrected chi connectivity index (χ1v) is 10.9. The van der Waals surface area contributed by atoms with Crippen LogP contribution in [0.5, 0.6) is 0 Å². The first-order chi connectivity index (χ1) is 13.5. The van der Waals surface area contributed by atoms with Crippen LogP contribution in [-0.2, 0) is 4.79 Å². The van der Waals surface area contributed by atoms with Gasteiger partial charge in [0.25, 0.3) is 11.8 Å². The first kappa shape index (κ1) is 20.3. The topological polar surface area (TPSA) is 49.4 Å². The normalized spacial score (nSPS) is 15.6. The van der Waals surface area contributed by atoms with Gasteiger partial charge in [-0.1, -0.05) is 31.4 Å². The van der Waals surface area contributed by atoms with Crippen LogP contribution in [0.3, 0.4) is 0 Å². The molecule has 0 aliphatic carbocycles. The maximum Gasteiger partial charge on any atom is 0.270 e. The van der Waals surface area contributed by atoms with Crippen molar-refractivity contribution in [2.24, 2.45) is 0 Å². The number of hydrogen-bond donors (Lipinski definition) is 1. The van der Waals surface area contributed by atoms with Crippen LogP contribution < -0.4 is 5.32 Å². The van der Waals surface area contributed by atoms with Gasteiger partial charge in [-0.25, -0.2) is 0 Å². The zero-order valence-corrected chi connectivity index (χ0v) is 17.5. The number of hydrogen-bond acceptors (Lipinski definition) is 3. The molecule has 1 aliphatic rings. The van der Waals surface area contributed by atoms with Crippen molar-refractivity contribution in [2.75, 3.05) is 13.1 Å². The molecule has 5 heteroatoms. The summed E-state index contributed by atoms with van der Waals surface area (Å²) in [5.74, 6) is -0.334. The standard InChI is InChI=1S/C23H28N2O2S/c1-17-10-11-19(15-18(17)2)22(26)24-21(16-20-9-8-14-28-20)23(27)25-12-6-4-3-5-7-13-25/h8-11,14-16H,3-7,12-13H2,1-2H3,(H,24,26)/b21-16+. The molecule has 1 aromatic heterocycles. The summed E-state index contributed by atoms with van der Waals surface area (Å²) in [4.78, 5) is 28.9. The second-order valence-electron chi connectivity index (χ2n) is 7.39. The Labute approximate surface area is 171 Å². The summed E-state index contributed by atoms with van der Waals surface area (Å²) in [6.45, 7) is 5.50. The van der Waals surface area contributed by atoms with Gasteiger partial charge in [0, 0.05) is 23.5 Å². The summed E-state index contributed by atoms with van der Waals surface area (Å²) in [6, 6.07) is 9.51. The lowest BCUT2D eigenvalue weighted by atomic mass is 10.1. The summed E-state index contributed by atoms with van der Waals surface area (Å²) in [6.07, 6.45) is 7.38. The Hall–Kier alpha value is -2.40. The van der Waals surface area contributed by atoms with E-state index in [4.69, 9.17) is 0 Å². The molecule has 1 saturated heterocycles. The van der Waals surface area contributed by atoms with E-state index in [0.29, 0.717) is 11.3 Å². The number of rotatable bonds is 4. The first-order valence-electron chi connectivity index (χ1n) is 9.97. The molecule has 1 N–H and O–H groups in total. The van der Waals surface area contributed by atoms with Crippen LogP contribution in [0.4, 0.5) is 0 Å². The van der Waals surface area contributed by atoms with Crippen molar-refractivity contribution in [1.29, 1.82) is 0 Å². The molecule has 1 aliphatic heterocycles. The molecular formula is C23H28N2O2S. The molecule has 2 heterocycles. The Balaban J connectivity index is 1.83. The SMILES string of the molecule is Cc1ccc(C(=O)N/C(=C/c2cccs2)C(=O)N2CCCCCCC2)cc1C. The van der Waals surface area contributed by atoms with E-state index in [9.17, 15) is 9.59 Å². The van der Waals surface area contributed by atoms with Gasteiger partial charge in [0.2, 0.25) is 0 Å². The molecule has 0 atom stereocenters. The van der Waals surface area contributed by atoms with Crippen LogP contribution in [0.15, 0.2) is 41.4 Å². The largest absolute Gasteiger partial charge is 0.337 e. The Bertz CT molecular complexity index is 847. The fraction of sp³-hybridized carbons (Fsp3) is 0.391. The maximum atomic E-state index is 13.2. The van der Waals surface area contributed by atoms with E-state index in [1.165, 1.54) is 6.42 Å². The average Bonchev–Trinajstić information content (AvgIpc) is 3.16. The lowest BCUT2D eigenvalue weighted by molar-refractivity contribution is -0.127. The van der Waals surface area contributed by atoms with Gasteiger partial charge in [0.05, 0.1) is 0 Å². The third-order valence-corrected chi connectivity index (χ3v) is 6.04. The molecule has 2 amide bonds. The van der Waals surface area contributed by atoms with Crippen LogP contribution in [-0.4, -0.2) is 29.8 Å². The van der Waals surface area contributed by atoms with Crippen LogP contribution in [0.25, 0.3) is 6.08 Å². The molecule has 1 fully saturated rings. The lowest BCUT2D eigenvalue weighted by Crippen LogP contribution is -2.40. The highest BCUT2D eigenvalue weighted by molar-refractivity contribution is 7.10. The maximum absolute atomic E-state index is 13.2.